The maximum Gasteiger partial charge on any atom is 0.416 e. The van der Waals surface area contributed by atoms with Gasteiger partial charge in [0.25, 0.3) is 11.8 Å². The van der Waals surface area contributed by atoms with Crippen LogP contribution in [0, 0.1) is 0 Å². The van der Waals surface area contributed by atoms with Crippen LogP contribution in [-0.4, -0.2) is 36.7 Å². The predicted molar refractivity (Wildman–Crippen MR) is 138 cm³/mol. The molecule has 0 aliphatic rings. The van der Waals surface area contributed by atoms with Crippen LogP contribution in [0.2, 0.25) is 0 Å². The zero-order chi connectivity index (χ0) is 26.8. The molecule has 0 saturated carbocycles. The Bertz CT molecular complexity index is 1250. The van der Waals surface area contributed by atoms with Crippen LogP contribution in [-0.2, 0) is 10.9 Å². The molecular formula is C26H24F3N3O4S. The monoisotopic (exact) mass is 531 g/mol. The quantitative estimate of drug-likeness (QED) is 0.250. The first-order valence-electron chi connectivity index (χ1n) is 11.2. The van der Waals surface area contributed by atoms with E-state index >= 15 is 0 Å². The van der Waals surface area contributed by atoms with Gasteiger partial charge in [0, 0.05) is 29.1 Å². The molecule has 2 amide bonds. The van der Waals surface area contributed by atoms with Crippen molar-refractivity contribution in [3.05, 3.63) is 89.5 Å². The zero-order valence-corrected chi connectivity index (χ0v) is 20.5. The van der Waals surface area contributed by atoms with Gasteiger partial charge in [-0.15, -0.1) is 0 Å². The first kappa shape index (κ1) is 27.6. The molecule has 11 heteroatoms. The van der Waals surface area contributed by atoms with Gasteiger partial charge in [0.05, 0.1) is 12.2 Å². The van der Waals surface area contributed by atoms with Crippen molar-refractivity contribution in [2.24, 2.45) is 0 Å². The number of halogens is 3. The van der Waals surface area contributed by atoms with Crippen LogP contribution in [0.15, 0.2) is 72.8 Å². The van der Waals surface area contributed by atoms with Gasteiger partial charge in [0.1, 0.15) is 12.4 Å². The number of carbonyl (C=O) groups excluding carboxylic acids is 2. The molecule has 0 spiro atoms. The molecule has 0 atom stereocenters. The number of nitrogens with one attached hydrogen (secondary N) is 3. The summed E-state index contributed by atoms with van der Waals surface area (Å²) in [4.78, 5) is 25.1. The normalized spacial score (nSPS) is 10.9. The molecule has 7 nitrogen and oxygen atoms in total. The van der Waals surface area contributed by atoms with E-state index in [-0.39, 0.29) is 16.4 Å². The Kier molecular flexibility index (Phi) is 9.58. The number of benzene rings is 3. The van der Waals surface area contributed by atoms with Crippen LogP contribution in [0.4, 0.5) is 24.5 Å². The summed E-state index contributed by atoms with van der Waals surface area (Å²) in [6.07, 6.45) is -4.52. The number of anilines is 2. The molecule has 3 aromatic rings. The maximum absolute atomic E-state index is 12.9. The van der Waals surface area contributed by atoms with E-state index in [2.05, 4.69) is 16.0 Å². The Morgan fingerprint density at radius 3 is 2.19 bits per heavy atom. The second-order valence-corrected chi connectivity index (χ2v) is 8.00. The Balaban J connectivity index is 1.55. The third-order valence-electron chi connectivity index (χ3n) is 4.87. The molecule has 0 bridgehead atoms. The fourth-order valence-electron chi connectivity index (χ4n) is 3.12. The Labute approximate surface area is 217 Å². The summed E-state index contributed by atoms with van der Waals surface area (Å²) in [5.74, 6) is -0.463. The van der Waals surface area contributed by atoms with Crippen molar-refractivity contribution in [3.8, 4) is 5.75 Å². The van der Waals surface area contributed by atoms with Crippen molar-refractivity contribution in [1.29, 1.82) is 0 Å². The number of alkyl halides is 3. The van der Waals surface area contributed by atoms with E-state index in [0.717, 1.165) is 12.1 Å². The number of hydrogen-bond acceptors (Lipinski definition) is 5. The highest BCUT2D eigenvalue weighted by Crippen LogP contribution is 2.30. The van der Waals surface area contributed by atoms with Crippen molar-refractivity contribution in [2.75, 3.05) is 30.5 Å². The Hall–Kier alpha value is -3.96. The number of carbonyl (C=O) groups is 2. The highest BCUT2D eigenvalue weighted by Gasteiger charge is 2.30. The van der Waals surface area contributed by atoms with E-state index < -0.39 is 23.6 Å². The summed E-state index contributed by atoms with van der Waals surface area (Å²) in [7, 11) is 0. The SMILES string of the molecule is CCOCCOc1ccc(C(=O)NC(=S)Nc2cccc(C(=O)Nc3cccc(C(F)(F)F)c3)c2)cc1. The molecule has 0 heterocycles. The van der Waals surface area contributed by atoms with Crippen molar-refractivity contribution in [2.45, 2.75) is 13.1 Å². The van der Waals surface area contributed by atoms with Gasteiger partial charge in [-0.3, -0.25) is 14.9 Å². The van der Waals surface area contributed by atoms with Crippen molar-refractivity contribution >= 4 is 40.5 Å². The Morgan fingerprint density at radius 2 is 1.51 bits per heavy atom. The van der Waals surface area contributed by atoms with Crippen LogP contribution in [0.1, 0.15) is 33.2 Å². The lowest BCUT2D eigenvalue weighted by molar-refractivity contribution is -0.137. The number of hydrogen-bond donors (Lipinski definition) is 3. The van der Waals surface area contributed by atoms with Gasteiger partial charge in [-0.05, 0) is 79.8 Å². The van der Waals surface area contributed by atoms with Crippen molar-refractivity contribution < 1.29 is 32.2 Å². The smallest absolute Gasteiger partial charge is 0.416 e. The average Bonchev–Trinajstić information content (AvgIpc) is 2.86. The summed E-state index contributed by atoms with van der Waals surface area (Å²) < 4.78 is 49.5. The average molecular weight is 532 g/mol. The van der Waals surface area contributed by atoms with Crippen molar-refractivity contribution in [1.82, 2.24) is 5.32 Å². The van der Waals surface area contributed by atoms with E-state index in [1.54, 1.807) is 36.4 Å². The molecule has 0 aromatic heterocycles. The zero-order valence-electron chi connectivity index (χ0n) is 19.7. The summed E-state index contributed by atoms with van der Waals surface area (Å²) in [5, 5.41) is 7.80. The van der Waals surface area contributed by atoms with E-state index in [4.69, 9.17) is 21.7 Å². The number of ether oxygens (including phenoxy) is 2. The summed E-state index contributed by atoms with van der Waals surface area (Å²) >= 11 is 5.19. The summed E-state index contributed by atoms with van der Waals surface area (Å²) in [5.41, 5.74) is 0.0734. The van der Waals surface area contributed by atoms with Gasteiger partial charge in [-0.1, -0.05) is 12.1 Å². The molecule has 0 radical (unpaired) electrons. The lowest BCUT2D eigenvalue weighted by atomic mass is 10.1. The lowest BCUT2D eigenvalue weighted by Gasteiger charge is -2.12. The van der Waals surface area contributed by atoms with Gasteiger partial charge < -0.3 is 20.1 Å². The molecule has 0 fully saturated rings. The topological polar surface area (TPSA) is 88.7 Å². The highest BCUT2D eigenvalue weighted by atomic mass is 32.1. The van der Waals surface area contributed by atoms with Gasteiger partial charge in [-0.25, -0.2) is 0 Å². The third kappa shape index (κ3) is 8.58. The molecule has 0 aliphatic carbocycles. The molecule has 3 aromatic carbocycles. The van der Waals surface area contributed by atoms with Crippen LogP contribution < -0.4 is 20.7 Å². The fraction of sp³-hybridized carbons (Fsp3) is 0.192. The molecule has 37 heavy (non-hydrogen) atoms. The summed E-state index contributed by atoms with van der Waals surface area (Å²) in [6.45, 7) is 3.36. The number of thiocarbonyl (C=S) groups is 1. The van der Waals surface area contributed by atoms with E-state index in [9.17, 15) is 22.8 Å². The maximum atomic E-state index is 12.9. The fourth-order valence-corrected chi connectivity index (χ4v) is 3.33. The van der Waals surface area contributed by atoms with Gasteiger partial charge in [0.2, 0.25) is 0 Å². The Morgan fingerprint density at radius 1 is 0.838 bits per heavy atom. The third-order valence-corrected chi connectivity index (χ3v) is 5.08. The van der Waals surface area contributed by atoms with E-state index in [1.807, 2.05) is 6.92 Å². The van der Waals surface area contributed by atoms with Crippen molar-refractivity contribution in [3.63, 3.8) is 0 Å². The van der Waals surface area contributed by atoms with Crippen LogP contribution in [0.3, 0.4) is 0 Å². The molecule has 0 saturated heterocycles. The second kappa shape index (κ2) is 12.8. The molecule has 3 N–H and O–H groups in total. The standard InChI is InChI=1S/C26H24F3N3O4S/c1-2-35-13-14-36-22-11-9-17(10-12-22)23(33)32-25(37)31-20-7-3-5-18(15-20)24(34)30-21-8-4-6-19(16-21)26(27,28)29/h3-12,15-16H,2,13-14H2,1H3,(H,30,34)(H2,31,32,33,37). The van der Waals surface area contributed by atoms with Gasteiger partial charge in [-0.2, -0.15) is 13.2 Å². The van der Waals surface area contributed by atoms with E-state index in [0.29, 0.717) is 36.8 Å². The van der Waals surface area contributed by atoms with Crippen LogP contribution in [0.25, 0.3) is 0 Å². The van der Waals surface area contributed by atoms with Gasteiger partial charge in [0.15, 0.2) is 5.11 Å². The molecule has 0 unspecified atom stereocenters. The molecule has 3 rings (SSSR count). The molecule has 194 valence electrons. The second-order valence-electron chi connectivity index (χ2n) is 7.59. The molecular weight excluding hydrogens is 507 g/mol. The number of amides is 2. The number of rotatable bonds is 9. The largest absolute Gasteiger partial charge is 0.491 e. The molecule has 0 aliphatic heterocycles. The minimum absolute atomic E-state index is 0.00234. The van der Waals surface area contributed by atoms with E-state index in [1.165, 1.54) is 24.3 Å². The minimum Gasteiger partial charge on any atom is -0.491 e. The van der Waals surface area contributed by atoms with Crippen LogP contribution >= 0.6 is 12.2 Å². The first-order chi connectivity index (χ1) is 17.7. The minimum atomic E-state index is -4.52. The van der Waals surface area contributed by atoms with Crippen LogP contribution in [0.5, 0.6) is 5.75 Å². The first-order valence-corrected chi connectivity index (χ1v) is 11.6. The summed E-state index contributed by atoms with van der Waals surface area (Å²) in [6, 6.07) is 17.0. The predicted octanol–water partition coefficient (Wildman–Crippen LogP) is 5.50. The highest BCUT2D eigenvalue weighted by molar-refractivity contribution is 7.80. The lowest BCUT2D eigenvalue weighted by Crippen LogP contribution is -2.34. The van der Waals surface area contributed by atoms with Gasteiger partial charge >= 0.3 is 6.18 Å².